The van der Waals surface area contributed by atoms with E-state index in [1.165, 1.54) is 0 Å². The van der Waals surface area contributed by atoms with Gasteiger partial charge in [-0.3, -0.25) is 0 Å². The van der Waals surface area contributed by atoms with Crippen molar-refractivity contribution in [3.8, 4) is 0 Å². The molecule has 0 amide bonds. The van der Waals surface area contributed by atoms with Gasteiger partial charge < -0.3 is 10.9 Å². The highest BCUT2D eigenvalue weighted by Crippen LogP contribution is 2.06. The third-order valence-corrected chi connectivity index (χ3v) is 3.93. The van der Waals surface area contributed by atoms with E-state index in [4.69, 9.17) is 10.9 Å². The van der Waals surface area contributed by atoms with E-state index in [9.17, 15) is 8.42 Å². The van der Waals surface area contributed by atoms with Gasteiger partial charge in [0, 0.05) is 0 Å². The number of amidine groups is 1. The SMILES string of the molecule is CCCC(NS(=O)(=O)Cc1ccccc1)/C(N)=N/O. The first-order valence-electron chi connectivity index (χ1n) is 6.00. The maximum atomic E-state index is 12.0. The molecular formula is C12H19N3O3S. The van der Waals surface area contributed by atoms with E-state index in [0.717, 1.165) is 6.42 Å². The summed E-state index contributed by atoms with van der Waals surface area (Å²) in [4.78, 5) is 0. The van der Waals surface area contributed by atoms with Crippen LogP contribution >= 0.6 is 0 Å². The fraction of sp³-hybridized carbons (Fsp3) is 0.417. The Labute approximate surface area is 113 Å². The van der Waals surface area contributed by atoms with E-state index in [1.807, 2.05) is 13.0 Å². The summed E-state index contributed by atoms with van der Waals surface area (Å²) in [6.07, 6.45) is 1.19. The molecule has 0 saturated heterocycles. The van der Waals surface area contributed by atoms with Crippen molar-refractivity contribution in [3.63, 3.8) is 0 Å². The van der Waals surface area contributed by atoms with Gasteiger partial charge in [-0.2, -0.15) is 0 Å². The van der Waals surface area contributed by atoms with Crippen LogP contribution in [0.3, 0.4) is 0 Å². The number of benzene rings is 1. The van der Waals surface area contributed by atoms with Crippen molar-refractivity contribution < 1.29 is 13.6 Å². The van der Waals surface area contributed by atoms with Crippen molar-refractivity contribution in [2.24, 2.45) is 10.9 Å². The van der Waals surface area contributed by atoms with Gasteiger partial charge >= 0.3 is 0 Å². The van der Waals surface area contributed by atoms with Crippen LogP contribution < -0.4 is 10.5 Å². The number of hydrogen-bond acceptors (Lipinski definition) is 4. The summed E-state index contributed by atoms with van der Waals surface area (Å²) >= 11 is 0. The molecule has 6 nitrogen and oxygen atoms in total. The average molecular weight is 285 g/mol. The number of nitrogens with zero attached hydrogens (tertiary/aromatic N) is 1. The van der Waals surface area contributed by atoms with Gasteiger partial charge in [-0.1, -0.05) is 48.8 Å². The van der Waals surface area contributed by atoms with Crippen molar-refractivity contribution in [1.29, 1.82) is 0 Å². The normalized spacial score (nSPS) is 14.3. The van der Waals surface area contributed by atoms with Gasteiger partial charge in [0.2, 0.25) is 10.0 Å². The molecule has 0 fully saturated rings. The van der Waals surface area contributed by atoms with Crippen LogP contribution in [-0.2, 0) is 15.8 Å². The van der Waals surface area contributed by atoms with Crippen LogP contribution in [0.5, 0.6) is 0 Å². The van der Waals surface area contributed by atoms with E-state index in [-0.39, 0.29) is 11.6 Å². The Kier molecular flexibility index (Phi) is 5.78. The molecule has 0 aliphatic rings. The van der Waals surface area contributed by atoms with E-state index >= 15 is 0 Å². The Morgan fingerprint density at radius 3 is 2.58 bits per heavy atom. The highest BCUT2D eigenvalue weighted by atomic mass is 32.2. The molecular weight excluding hydrogens is 266 g/mol. The lowest BCUT2D eigenvalue weighted by Crippen LogP contribution is -2.44. The second kappa shape index (κ2) is 7.10. The molecule has 19 heavy (non-hydrogen) atoms. The molecule has 0 bridgehead atoms. The highest BCUT2D eigenvalue weighted by molar-refractivity contribution is 7.88. The lowest BCUT2D eigenvalue weighted by atomic mass is 10.2. The van der Waals surface area contributed by atoms with Gasteiger partial charge in [0.25, 0.3) is 0 Å². The van der Waals surface area contributed by atoms with E-state index in [2.05, 4.69) is 9.88 Å². The summed E-state index contributed by atoms with van der Waals surface area (Å²) in [5.74, 6) is -0.259. The number of rotatable bonds is 7. The highest BCUT2D eigenvalue weighted by Gasteiger charge is 2.21. The number of oxime groups is 1. The lowest BCUT2D eigenvalue weighted by molar-refractivity contribution is 0.315. The van der Waals surface area contributed by atoms with Crippen molar-refractivity contribution in [1.82, 2.24) is 4.72 Å². The van der Waals surface area contributed by atoms with E-state index in [0.29, 0.717) is 12.0 Å². The molecule has 0 radical (unpaired) electrons. The van der Waals surface area contributed by atoms with Crippen LogP contribution in [0, 0.1) is 0 Å². The Bertz CT molecular complexity index is 514. The molecule has 0 aromatic heterocycles. The number of nitrogens with two attached hydrogens (primary N) is 1. The summed E-state index contributed by atoms with van der Waals surface area (Å²) in [5.41, 5.74) is 6.16. The molecule has 106 valence electrons. The zero-order chi connectivity index (χ0) is 14.3. The predicted octanol–water partition coefficient (Wildman–Crippen LogP) is 1.02. The van der Waals surface area contributed by atoms with Crippen molar-refractivity contribution in [2.75, 3.05) is 0 Å². The quantitative estimate of drug-likeness (QED) is 0.301. The Hall–Kier alpha value is -1.60. The van der Waals surface area contributed by atoms with Crippen LogP contribution in [0.25, 0.3) is 0 Å². The third-order valence-electron chi connectivity index (χ3n) is 2.57. The third kappa shape index (κ3) is 5.27. The molecule has 4 N–H and O–H groups in total. The Morgan fingerprint density at radius 1 is 1.42 bits per heavy atom. The minimum atomic E-state index is -3.53. The fourth-order valence-electron chi connectivity index (χ4n) is 1.68. The molecule has 0 aliphatic heterocycles. The molecule has 0 aliphatic carbocycles. The van der Waals surface area contributed by atoms with Gasteiger partial charge in [-0.15, -0.1) is 0 Å². The maximum absolute atomic E-state index is 12.0. The molecule has 0 spiro atoms. The first-order valence-corrected chi connectivity index (χ1v) is 7.65. The van der Waals surface area contributed by atoms with Crippen molar-refractivity contribution in [3.05, 3.63) is 35.9 Å². The largest absolute Gasteiger partial charge is 0.409 e. The molecule has 0 heterocycles. The number of nitrogens with one attached hydrogen (secondary N) is 1. The van der Waals surface area contributed by atoms with E-state index < -0.39 is 16.1 Å². The summed E-state index contributed by atoms with van der Waals surface area (Å²) in [6, 6.07) is 8.16. The van der Waals surface area contributed by atoms with Gasteiger partial charge in [-0.05, 0) is 12.0 Å². The van der Waals surface area contributed by atoms with Crippen molar-refractivity contribution >= 4 is 15.9 Å². The fourth-order valence-corrected chi connectivity index (χ4v) is 3.06. The van der Waals surface area contributed by atoms with Gasteiger partial charge in [0.15, 0.2) is 5.84 Å². The lowest BCUT2D eigenvalue weighted by Gasteiger charge is -2.16. The van der Waals surface area contributed by atoms with E-state index in [1.54, 1.807) is 24.3 Å². The molecule has 1 rings (SSSR count). The smallest absolute Gasteiger partial charge is 0.216 e. The van der Waals surface area contributed by atoms with Crippen LogP contribution in [0.2, 0.25) is 0 Å². The standard InChI is InChI=1S/C12H19N3O3S/c1-2-6-11(12(13)14-16)15-19(17,18)9-10-7-4-3-5-8-10/h3-5,7-8,11,15-16H,2,6,9H2,1H3,(H2,13,14). The molecule has 1 aromatic carbocycles. The first kappa shape index (κ1) is 15.5. The van der Waals surface area contributed by atoms with Crippen LogP contribution in [0.4, 0.5) is 0 Å². The molecule has 1 unspecified atom stereocenters. The van der Waals surface area contributed by atoms with Gasteiger partial charge in [0.05, 0.1) is 11.8 Å². The topological polar surface area (TPSA) is 105 Å². The second-order valence-corrected chi connectivity index (χ2v) is 5.98. The van der Waals surface area contributed by atoms with Crippen LogP contribution in [0.15, 0.2) is 35.5 Å². The average Bonchev–Trinajstić information content (AvgIpc) is 2.37. The van der Waals surface area contributed by atoms with Gasteiger partial charge in [-0.25, -0.2) is 13.1 Å². The number of sulfonamides is 1. The zero-order valence-electron chi connectivity index (χ0n) is 10.8. The van der Waals surface area contributed by atoms with Crippen LogP contribution in [0.1, 0.15) is 25.3 Å². The summed E-state index contributed by atoms with van der Waals surface area (Å²) in [6.45, 7) is 1.89. The minimum Gasteiger partial charge on any atom is -0.409 e. The predicted molar refractivity (Wildman–Crippen MR) is 74.3 cm³/mol. The van der Waals surface area contributed by atoms with Crippen LogP contribution in [-0.4, -0.2) is 25.5 Å². The summed E-state index contributed by atoms with van der Waals surface area (Å²) in [5, 5.41) is 11.5. The minimum absolute atomic E-state index is 0.126. The summed E-state index contributed by atoms with van der Waals surface area (Å²) in [7, 11) is -3.53. The second-order valence-electron chi connectivity index (χ2n) is 4.23. The Morgan fingerprint density at radius 2 is 2.05 bits per heavy atom. The molecule has 0 saturated carbocycles. The summed E-state index contributed by atoms with van der Waals surface area (Å²) < 4.78 is 26.5. The van der Waals surface area contributed by atoms with Crippen molar-refractivity contribution in [2.45, 2.75) is 31.6 Å². The molecule has 1 atom stereocenters. The van der Waals surface area contributed by atoms with Gasteiger partial charge in [0.1, 0.15) is 0 Å². The maximum Gasteiger partial charge on any atom is 0.216 e. The number of hydrogen-bond donors (Lipinski definition) is 3. The molecule has 1 aromatic rings. The monoisotopic (exact) mass is 285 g/mol. The molecule has 7 heteroatoms. The Balaban J connectivity index is 2.77. The zero-order valence-corrected chi connectivity index (χ0v) is 11.6. The first-order chi connectivity index (χ1) is 8.98.